The second kappa shape index (κ2) is 7.85. The van der Waals surface area contributed by atoms with Crippen LogP contribution in [0, 0.1) is 5.92 Å². The third-order valence-corrected chi connectivity index (χ3v) is 5.58. The lowest BCUT2D eigenvalue weighted by atomic mass is 9.89. The van der Waals surface area contributed by atoms with Crippen LogP contribution < -0.4 is 5.32 Å². The number of carbonyl (C=O) groups is 2. The second-order valence-corrected chi connectivity index (χ2v) is 7.27. The van der Waals surface area contributed by atoms with Gasteiger partial charge in [0.1, 0.15) is 0 Å². The Kier molecular flexibility index (Phi) is 5.57. The van der Waals surface area contributed by atoms with Crippen molar-refractivity contribution < 1.29 is 9.59 Å². The van der Waals surface area contributed by atoms with Crippen LogP contribution in [0.1, 0.15) is 55.3 Å². The maximum absolute atomic E-state index is 12.6. The number of hydrogen-bond donors (Lipinski definition) is 1. The summed E-state index contributed by atoms with van der Waals surface area (Å²) in [5.74, 6) is 0.0613. The van der Waals surface area contributed by atoms with Crippen molar-refractivity contribution in [3.05, 3.63) is 47.5 Å². The summed E-state index contributed by atoms with van der Waals surface area (Å²) in [6.07, 6.45) is 7.67. The van der Waals surface area contributed by atoms with E-state index in [0.717, 1.165) is 19.3 Å². The third kappa shape index (κ3) is 4.12. The van der Waals surface area contributed by atoms with E-state index in [-0.39, 0.29) is 23.8 Å². The van der Waals surface area contributed by atoms with Crippen LogP contribution in [0.5, 0.6) is 0 Å². The Labute approximate surface area is 150 Å². The predicted octanol–water partition coefficient (Wildman–Crippen LogP) is 3.17. The summed E-state index contributed by atoms with van der Waals surface area (Å²) in [6, 6.07) is 6.67. The van der Waals surface area contributed by atoms with Gasteiger partial charge in [0.15, 0.2) is 0 Å². The Balaban J connectivity index is 1.56. The zero-order chi connectivity index (χ0) is 17.8. The number of hydrogen-bond acceptors (Lipinski definition) is 2. The molecule has 25 heavy (non-hydrogen) atoms. The van der Waals surface area contributed by atoms with Gasteiger partial charge in [-0.3, -0.25) is 9.59 Å². The molecule has 2 amide bonds. The van der Waals surface area contributed by atoms with Gasteiger partial charge in [-0.15, -0.1) is 0 Å². The topological polar surface area (TPSA) is 49.4 Å². The third-order valence-electron chi connectivity index (χ3n) is 5.58. The van der Waals surface area contributed by atoms with Crippen molar-refractivity contribution in [2.24, 2.45) is 5.92 Å². The van der Waals surface area contributed by atoms with Crippen molar-refractivity contribution in [1.29, 1.82) is 0 Å². The van der Waals surface area contributed by atoms with E-state index in [9.17, 15) is 9.59 Å². The highest BCUT2D eigenvalue weighted by Crippen LogP contribution is 2.25. The van der Waals surface area contributed by atoms with Crippen LogP contribution in [0.4, 0.5) is 0 Å². The van der Waals surface area contributed by atoms with Crippen molar-refractivity contribution in [2.45, 2.75) is 51.5 Å². The predicted molar refractivity (Wildman–Crippen MR) is 99.1 cm³/mol. The fraction of sp³-hybridized carbons (Fsp3) is 0.524. The van der Waals surface area contributed by atoms with Gasteiger partial charge in [-0.25, -0.2) is 0 Å². The Morgan fingerprint density at radius 3 is 2.56 bits per heavy atom. The first kappa shape index (κ1) is 17.7. The number of amides is 2. The molecular formula is C21H28N2O2. The molecule has 1 saturated heterocycles. The normalized spacial score (nSPS) is 19.0. The summed E-state index contributed by atoms with van der Waals surface area (Å²) in [7, 11) is 0. The number of nitrogens with zero attached hydrogens (tertiary/aromatic N) is 1. The molecule has 1 N–H and O–H groups in total. The SMILES string of the molecule is C=CC(=O)N1CCC(C(=O)N[C@H](C)c2ccc3c(c2)CCCC3)CC1. The molecule has 1 heterocycles. The van der Waals surface area contributed by atoms with Crippen LogP contribution in [-0.4, -0.2) is 29.8 Å². The summed E-state index contributed by atoms with van der Waals surface area (Å²) in [5.41, 5.74) is 4.10. The Hall–Kier alpha value is -2.10. The number of rotatable bonds is 4. The molecule has 1 aliphatic heterocycles. The molecule has 0 radical (unpaired) electrons. The van der Waals surface area contributed by atoms with Gasteiger partial charge >= 0.3 is 0 Å². The van der Waals surface area contributed by atoms with Crippen molar-refractivity contribution in [2.75, 3.05) is 13.1 Å². The first-order chi connectivity index (χ1) is 12.1. The molecule has 1 fully saturated rings. The number of aryl methyl sites for hydroxylation is 2. The first-order valence-corrected chi connectivity index (χ1v) is 9.42. The maximum atomic E-state index is 12.6. The molecule has 2 aliphatic rings. The number of benzene rings is 1. The highest BCUT2D eigenvalue weighted by Gasteiger charge is 2.27. The molecule has 0 saturated carbocycles. The van der Waals surface area contributed by atoms with E-state index in [4.69, 9.17) is 0 Å². The van der Waals surface area contributed by atoms with Gasteiger partial charge in [0.25, 0.3) is 0 Å². The van der Waals surface area contributed by atoms with Crippen molar-refractivity contribution in [1.82, 2.24) is 10.2 Å². The Morgan fingerprint density at radius 1 is 1.20 bits per heavy atom. The number of likely N-dealkylation sites (tertiary alicyclic amines) is 1. The maximum Gasteiger partial charge on any atom is 0.245 e. The zero-order valence-electron chi connectivity index (χ0n) is 15.1. The molecule has 0 spiro atoms. The van der Waals surface area contributed by atoms with Crippen LogP contribution in [0.25, 0.3) is 0 Å². The molecule has 0 aromatic heterocycles. The number of nitrogens with one attached hydrogen (secondary N) is 1. The van der Waals surface area contributed by atoms with Crippen molar-refractivity contribution >= 4 is 11.8 Å². The standard InChI is InChI=1S/C21H28N2O2/c1-3-20(24)23-12-10-17(11-13-23)21(25)22-15(2)18-9-8-16-6-4-5-7-19(16)14-18/h3,8-9,14-15,17H,1,4-7,10-13H2,2H3,(H,22,25)/t15-/m1/s1. The average Bonchev–Trinajstić information content (AvgIpc) is 2.67. The van der Waals surface area contributed by atoms with Crippen LogP contribution in [0.15, 0.2) is 30.9 Å². The lowest BCUT2D eigenvalue weighted by molar-refractivity contribution is -0.132. The van der Waals surface area contributed by atoms with E-state index >= 15 is 0 Å². The highest BCUT2D eigenvalue weighted by molar-refractivity contribution is 5.87. The Bertz CT molecular complexity index is 660. The summed E-state index contributed by atoms with van der Waals surface area (Å²) < 4.78 is 0. The molecule has 3 rings (SSSR count). The summed E-state index contributed by atoms with van der Waals surface area (Å²) in [4.78, 5) is 26.0. The van der Waals surface area contributed by atoms with Gasteiger partial charge in [-0.2, -0.15) is 0 Å². The molecule has 4 heteroatoms. The number of piperidine rings is 1. The molecule has 0 bridgehead atoms. The number of carbonyl (C=O) groups excluding carboxylic acids is 2. The van der Waals surface area contributed by atoms with E-state index in [0.29, 0.717) is 13.1 Å². The van der Waals surface area contributed by atoms with Crippen LogP contribution in [0.2, 0.25) is 0 Å². The molecule has 4 nitrogen and oxygen atoms in total. The molecule has 134 valence electrons. The van der Waals surface area contributed by atoms with E-state index in [1.54, 1.807) is 4.90 Å². The summed E-state index contributed by atoms with van der Waals surface area (Å²) in [6.45, 7) is 6.85. The minimum atomic E-state index is -0.0405. The fourth-order valence-corrected chi connectivity index (χ4v) is 3.93. The monoisotopic (exact) mass is 340 g/mol. The van der Waals surface area contributed by atoms with Crippen LogP contribution >= 0.6 is 0 Å². The Morgan fingerprint density at radius 2 is 1.88 bits per heavy atom. The van der Waals surface area contributed by atoms with E-state index in [1.807, 2.05) is 0 Å². The van der Waals surface area contributed by atoms with Gasteiger partial charge < -0.3 is 10.2 Å². The summed E-state index contributed by atoms with van der Waals surface area (Å²) >= 11 is 0. The smallest absolute Gasteiger partial charge is 0.245 e. The summed E-state index contributed by atoms with van der Waals surface area (Å²) in [5, 5.41) is 3.17. The van der Waals surface area contributed by atoms with Crippen molar-refractivity contribution in [3.63, 3.8) is 0 Å². The minimum absolute atomic E-state index is 0.00561. The second-order valence-electron chi connectivity index (χ2n) is 7.27. The van der Waals surface area contributed by atoms with Gasteiger partial charge in [-0.05, 0) is 68.2 Å². The first-order valence-electron chi connectivity index (χ1n) is 9.42. The molecule has 1 aromatic rings. The van der Waals surface area contributed by atoms with E-state index < -0.39 is 0 Å². The molecule has 1 aliphatic carbocycles. The van der Waals surface area contributed by atoms with Gasteiger partial charge in [0.05, 0.1) is 6.04 Å². The fourth-order valence-electron chi connectivity index (χ4n) is 3.93. The average molecular weight is 340 g/mol. The highest BCUT2D eigenvalue weighted by atomic mass is 16.2. The quantitative estimate of drug-likeness (QED) is 0.856. The largest absolute Gasteiger partial charge is 0.349 e. The molecule has 1 aromatic carbocycles. The van der Waals surface area contributed by atoms with Gasteiger partial charge in [-0.1, -0.05) is 24.8 Å². The molecular weight excluding hydrogens is 312 g/mol. The lowest BCUT2D eigenvalue weighted by Crippen LogP contribution is -2.43. The number of fused-ring (bicyclic) bond motifs is 1. The molecule has 0 unspecified atom stereocenters. The van der Waals surface area contributed by atoms with Gasteiger partial charge in [0, 0.05) is 19.0 Å². The van der Waals surface area contributed by atoms with E-state index in [2.05, 4.69) is 37.0 Å². The van der Waals surface area contributed by atoms with Crippen LogP contribution in [0.3, 0.4) is 0 Å². The lowest BCUT2D eigenvalue weighted by Gasteiger charge is -2.31. The van der Waals surface area contributed by atoms with Crippen molar-refractivity contribution in [3.8, 4) is 0 Å². The minimum Gasteiger partial charge on any atom is -0.349 e. The van der Waals surface area contributed by atoms with E-state index in [1.165, 1.54) is 42.0 Å². The molecule has 1 atom stereocenters. The zero-order valence-corrected chi connectivity index (χ0v) is 15.1. The van der Waals surface area contributed by atoms with Crippen LogP contribution in [-0.2, 0) is 22.4 Å². The van der Waals surface area contributed by atoms with Gasteiger partial charge in [0.2, 0.25) is 11.8 Å².